The van der Waals surface area contributed by atoms with E-state index in [1.165, 1.54) is 13.8 Å². The molecular weight excluding hydrogens is 172 g/mol. The molecule has 0 saturated heterocycles. The smallest absolute Gasteiger partial charge is 0.329 e. The number of amides is 1. The van der Waals surface area contributed by atoms with Crippen molar-refractivity contribution in [2.75, 3.05) is 0 Å². The fourth-order valence-electron chi connectivity index (χ4n) is 0.679. The van der Waals surface area contributed by atoms with Crippen molar-refractivity contribution in [2.24, 2.45) is 5.73 Å². The average Bonchev–Trinajstić information content (AvgIpc) is 2.03. The first kappa shape index (κ1) is 11.9. The zero-order valence-electron chi connectivity index (χ0n) is 8.13. The molecule has 0 aliphatic heterocycles. The van der Waals surface area contributed by atoms with E-state index in [-0.39, 0.29) is 0 Å². The summed E-state index contributed by atoms with van der Waals surface area (Å²) >= 11 is 0. The van der Waals surface area contributed by atoms with E-state index in [9.17, 15) is 9.59 Å². The monoisotopic (exact) mass is 188 g/mol. The summed E-state index contributed by atoms with van der Waals surface area (Å²) < 4.78 is 0. The molecule has 0 bridgehead atoms. The minimum absolute atomic E-state index is 0.320. The van der Waals surface area contributed by atoms with Gasteiger partial charge in [0, 0.05) is 0 Å². The van der Waals surface area contributed by atoms with E-state index >= 15 is 0 Å². The van der Waals surface area contributed by atoms with Gasteiger partial charge in [-0.15, -0.1) is 0 Å². The maximum atomic E-state index is 11.1. The fraction of sp³-hybridized carbons (Fsp3) is 0.750. The molecule has 0 radical (unpaired) electrons. The van der Waals surface area contributed by atoms with Crippen molar-refractivity contribution >= 4 is 11.9 Å². The van der Waals surface area contributed by atoms with Gasteiger partial charge in [0.2, 0.25) is 5.91 Å². The number of hydrogen-bond donors (Lipinski definition) is 3. The molecule has 1 unspecified atom stereocenters. The number of aliphatic carboxylic acids is 1. The summed E-state index contributed by atoms with van der Waals surface area (Å²) in [6.45, 7) is 4.65. The predicted molar refractivity (Wildman–Crippen MR) is 48.1 cm³/mol. The molecule has 76 valence electrons. The molecule has 1 amide bonds. The second-order valence-corrected chi connectivity index (χ2v) is 3.27. The molecular formula is C8H16N2O3. The molecule has 0 spiro atoms. The Morgan fingerprint density at radius 1 is 1.62 bits per heavy atom. The molecule has 5 heteroatoms. The van der Waals surface area contributed by atoms with Gasteiger partial charge < -0.3 is 16.2 Å². The van der Waals surface area contributed by atoms with Crippen LogP contribution in [0.1, 0.15) is 27.2 Å². The van der Waals surface area contributed by atoms with Crippen molar-refractivity contribution in [3.8, 4) is 0 Å². The van der Waals surface area contributed by atoms with Crippen molar-refractivity contribution in [1.29, 1.82) is 0 Å². The first-order valence-corrected chi connectivity index (χ1v) is 4.14. The standard InChI is InChI=1S/C8H16N2O3/c1-4-8(3,7(12)13)10-6(11)5(2)9/h5H,4,9H2,1-3H3,(H,10,11)(H,12,13)/t5-,8?/m1/s1. The van der Waals surface area contributed by atoms with Crippen LogP contribution in [0.2, 0.25) is 0 Å². The molecule has 0 aromatic carbocycles. The summed E-state index contributed by atoms with van der Waals surface area (Å²) in [5.74, 6) is -1.50. The Balaban J connectivity index is 4.45. The minimum Gasteiger partial charge on any atom is -0.480 e. The quantitative estimate of drug-likeness (QED) is 0.565. The van der Waals surface area contributed by atoms with Crippen LogP contribution in [0.4, 0.5) is 0 Å². The van der Waals surface area contributed by atoms with Crippen LogP contribution >= 0.6 is 0 Å². The number of hydrogen-bond acceptors (Lipinski definition) is 3. The maximum absolute atomic E-state index is 11.1. The number of carbonyl (C=O) groups is 2. The van der Waals surface area contributed by atoms with E-state index in [0.717, 1.165) is 0 Å². The zero-order valence-corrected chi connectivity index (χ0v) is 8.13. The Morgan fingerprint density at radius 3 is 2.31 bits per heavy atom. The molecule has 2 atom stereocenters. The van der Waals surface area contributed by atoms with Crippen molar-refractivity contribution in [1.82, 2.24) is 5.32 Å². The number of nitrogens with two attached hydrogens (primary N) is 1. The second kappa shape index (κ2) is 4.23. The Hall–Kier alpha value is -1.10. The summed E-state index contributed by atoms with van der Waals surface area (Å²) in [7, 11) is 0. The topological polar surface area (TPSA) is 92.4 Å². The summed E-state index contributed by atoms with van der Waals surface area (Å²) in [6.07, 6.45) is 0.320. The van der Waals surface area contributed by atoms with E-state index in [4.69, 9.17) is 10.8 Å². The molecule has 0 rings (SSSR count). The zero-order chi connectivity index (χ0) is 10.6. The van der Waals surface area contributed by atoms with Crippen LogP contribution in [0, 0.1) is 0 Å². The van der Waals surface area contributed by atoms with Gasteiger partial charge in [0.15, 0.2) is 0 Å². The van der Waals surface area contributed by atoms with Crippen LogP contribution in [-0.2, 0) is 9.59 Å². The molecule has 0 heterocycles. The molecule has 0 aliphatic rings. The number of rotatable bonds is 4. The second-order valence-electron chi connectivity index (χ2n) is 3.27. The molecule has 0 fully saturated rings. The van der Waals surface area contributed by atoms with Crippen molar-refractivity contribution in [3.05, 3.63) is 0 Å². The van der Waals surface area contributed by atoms with Crippen molar-refractivity contribution in [3.63, 3.8) is 0 Å². The Morgan fingerprint density at radius 2 is 2.08 bits per heavy atom. The number of carboxylic acid groups (broad SMARTS) is 1. The normalized spacial score (nSPS) is 17.2. The van der Waals surface area contributed by atoms with Crippen LogP contribution in [0.25, 0.3) is 0 Å². The van der Waals surface area contributed by atoms with E-state index < -0.39 is 23.5 Å². The largest absolute Gasteiger partial charge is 0.480 e. The van der Waals surface area contributed by atoms with E-state index in [0.29, 0.717) is 6.42 Å². The van der Waals surface area contributed by atoms with Gasteiger partial charge in [0.1, 0.15) is 5.54 Å². The van der Waals surface area contributed by atoms with E-state index in [2.05, 4.69) is 5.32 Å². The minimum atomic E-state index is -1.22. The highest BCUT2D eigenvalue weighted by atomic mass is 16.4. The van der Waals surface area contributed by atoms with Crippen LogP contribution in [-0.4, -0.2) is 28.6 Å². The van der Waals surface area contributed by atoms with Crippen LogP contribution in [0.15, 0.2) is 0 Å². The lowest BCUT2D eigenvalue weighted by Gasteiger charge is -2.25. The molecule has 0 aliphatic carbocycles. The lowest BCUT2D eigenvalue weighted by molar-refractivity contribution is -0.147. The molecule has 5 nitrogen and oxygen atoms in total. The van der Waals surface area contributed by atoms with Gasteiger partial charge in [-0.3, -0.25) is 4.79 Å². The Kier molecular flexibility index (Phi) is 3.87. The summed E-state index contributed by atoms with van der Waals surface area (Å²) in [5, 5.41) is 11.2. The van der Waals surface area contributed by atoms with Crippen LogP contribution in [0.5, 0.6) is 0 Å². The van der Waals surface area contributed by atoms with Crippen molar-refractivity contribution < 1.29 is 14.7 Å². The first-order valence-electron chi connectivity index (χ1n) is 4.14. The average molecular weight is 188 g/mol. The molecule has 0 saturated carbocycles. The first-order chi connectivity index (χ1) is 5.83. The summed E-state index contributed by atoms with van der Waals surface area (Å²) in [4.78, 5) is 21.9. The third-order valence-electron chi connectivity index (χ3n) is 1.99. The molecule has 4 N–H and O–H groups in total. The van der Waals surface area contributed by atoms with Gasteiger partial charge in [-0.05, 0) is 20.3 Å². The Bertz CT molecular complexity index is 215. The SMILES string of the molecule is CCC(C)(NC(=O)[C@@H](C)N)C(=O)O. The van der Waals surface area contributed by atoms with Gasteiger partial charge in [0.05, 0.1) is 6.04 Å². The van der Waals surface area contributed by atoms with E-state index in [1.54, 1.807) is 6.92 Å². The van der Waals surface area contributed by atoms with Crippen LogP contribution in [0.3, 0.4) is 0 Å². The molecule has 0 aromatic heterocycles. The van der Waals surface area contributed by atoms with Gasteiger partial charge in [-0.25, -0.2) is 4.79 Å². The third kappa shape index (κ3) is 3.02. The predicted octanol–water partition coefficient (Wildman–Crippen LogP) is -0.297. The lowest BCUT2D eigenvalue weighted by atomic mass is 9.99. The highest BCUT2D eigenvalue weighted by Gasteiger charge is 2.33. The van der Waals surface area contributed by atoms with Gasteiger partial charge >= 0.3 is 5.97 Å². The van der Waals surface area contributed by atoms with Gasteiger partial charge in [-0.2, -0.15) is 0 Å². The maximum Gasteiger partial charge on any atom is 0.329 e. The third-order valence-corrected chi connectivity index (χ3v) is 1.99. The highest BCUT2D eigenvalue weighted by molar-refractivity contribution is 5.88. The lowest BCUT2D eigenvalue weighted by Crippen LogP contribution is -2.55. The highest BCUT2D eigenvalue weighted by Crippen LogP contribution is 2.08. The van der Waals surface area contributed by atoms with Crippen molar-refractivity contribution in [2.45, 2.75) is 38.8 Å². The molecule has 0 aromatic rings. The number of carboxylic acids is 1. The Labute approximate surface area is 77.3 Å². The van der Waals surface area contributed by atoms with Gasteiger partial charge in [0.25, 0.3) is 0 Å². The van der Waals surface area contributed by atoms with E-state index in [1.807, 2.05) is 0 Å². The fourth-order valence-corrected chi connectivity index (χ4v) is 0.679. The summed E-state index contributed by atoms with van der Waals surface area (Å²) in [6, 6.07) is -0.690. The van der Waals surface area contributed by atoms with Gasteiger partial charge in [-0.1, -0.05) is 6.92 Å². The summed E-state index contributed by atoms with van der Waals surface area (Å²) in [5.41, 5.74) is 4.08. The number of nitrogens with one attached hydrogen (secondary N) is 1. The number of carbonyl (C=O) groups excluding carboxylic acids is 1. The van der Waals surface area contributed by atoms with Crippen LogP contribution < -0.4 is 11.1 Å². The molecule has 13 heavy (non-hydrogen) atoms.